The van der Waals surface area contributed by atoms with Gasteiger partial charge in [-0.3, -0.25) is 4.79 Å². The number of morpholine rings is 1. The van der Waals surface area contributed by atoms with Crippen molar-refractivity contribution in [3.63, 3.8) is 0 Å². The fraction of sp³-hybridized carbons (Fsp3) is 0.889. The minimum absolute atomic E-state index is 0.0683. The molecule has 1 aliphatic rings. The molecular formula is C9H19NO2. The highest BCUT2D eigenvalue weighted by atomic mass is 16.5. The number of hydrogen-bond acceptors (Lipinski definition) is 2. The van der Waals surface area contributed by atoms with Crippen LogP contribution in [0.5, 0.6) is 0 Å². The molecule has 1 aliphatic heterocycles. The van der Waals surface area contributed by atoms with E-state index in [9.17, 15) is 4.79 Å². The number of amides is 1. The molecule has 1 heterocycles. The van der Waals surface area contributed by atoms with Gasteiger partial charge in [0.15, 0.2) is 0 Å². The largest absolute Gasteiger partial charge is 0.364 e. The summed E-state index contributed by atoms with van der Waals surface area (Å²) in [6.07, 6.45) is 0. The first-order chi connectivity index (χ1) is 5.54. The van der Waals surface area contributed by atoms with Crippen LogP contribution >= 0.6 is 0 Å². The molecule has 0 spiro atoms. The van der Waals surface area contributed by atoms with Crippen LogP contribution in [0, 0.1) is 0 Å². The molecule has 0 unspecified atom stereocenters. The number of carbonyl (C=O) groups is 1. The van der Waals surface area contributed by atoms with Gasteiger partial charge in [0.1, 0.15) is 5.60 Å². The average Bonchev–Trinajstić information content (AvgIpc) is 2.04. The highest BCUT2D eigenvalue weighted by Crippen LogP contribution is 2.16. The maximum atomic E-state index is 11.2. The summed E-state index contributed by atoms with van der Waals surface area (Å²) in [5, 5.41) is 0. The minimum Gasteiger partial charge on any atom is -0.364 e. The summed E-state index contributed by atoms with van der Waals surface area (Å²) in [6.45, 7) is 8.95. The molecule has 0 saturated carbocycles. The molecule has 1 amide bonds. The van der Waals surface area contributed by atoms with Crippen molar-refractivity contribution in [3.05, 3.63) is 0 Å². The van der Waals surface area contributed by atoms with Crippen molar-refractivity contribution in [3.8, 4) is 0 Å². The first-order valence-electron chi connectivity index (χ1n) is 4.43. The van der Waals surface area contributed by atoms with E-state index in [1.54, 1.807) is 25.8 Å². The van der Waals surface area contributed by atoms with Gasteiger partial charge in [-0.25, -0.2) is 0 Å². The Morgan fingerprint density at radius 1 is 1.42 bits per heavy atom. The second-order valence-electron chi connectivity index (χ2n) is 3.09. The molecule has 1 fully saturated rings. The van der Waals surface area contributed by atoms with E-state index in [0.29, 0.717) is 13.2 Å². The zero-order chi connectivity index (χ0) is 9.78. The highest BCUT2D eigenvalue weighted by Gasteiger charge is 2.34. The highest BCUT2D eigenvalue weighted by molar-refractivity contribution is 5.84. The maximum absolute atomic E-state index is 11.2. The molecule has 3 heteroatoms. The number of ether oxygens (including phenoxy) is 1. The van der Waals surface area contributed by atoms with Crippen LogP contribution in [-0.2, 0) is 9.53 Å². The van der Waals surface area contributed by atoms with Gasteiger partial charge in [-0.05, 0) is 13.8 Å². The number of hydrogen-bond donors (Lipinski definition) is 0. The van der Waals surface area contributed by atoms with Gasteiger partial charge in [0, 0.05) is 13.6 Å². The predicted octanol–water partition coefficient (Wildman–Crippen LogP) is 1.28. The summed E-state index contributed by atoms with van der Waals surface area (Å²) in [5.74, 6) is 0.0683. The maximum Gasteiger partial charge on any atom is 0.254 e. The van der Waals surface area contributed by atoms with Crippen molar-refractivity contribution >= 4 is 5.91 Å². The van der Waals surface area contributed by atoms with Gasteiger partial charge in [-0.15, -0.1) is 0 Å². The quantitative estimate of drug-likeness (QED) is 0.552. The third kappa shape index (κ3) is 2.48. The van der Waals surface area contributed by atoms with Crippen LogP contribution < -0.4 is 0 Å². The summed E-state index contributed by atoms with van der Waals surface area (Å²) in [7, 11) is 1.80. The first-order valence-corrected chi connectivity index (χ1v) is 4.43. The Morgan fingerprint density at radius 3 is 2.25 bits per heavy atom. The molecule has 1 saturated heterocycles. The Labute approximate surface area is 74.7 Å². The molecule has 1 rings (SSSR count). The standard InChI is InChI=1S/C7H13NO2.C2H6/c1-7(2)6(9)8(3)4-5-10-7;1-2/h4-5H2,1-3H3;1-2H3. The molecular weight excluding hydrogens is 154 g/mol. The zero-order valence-electron chi connectivity index (χ0n) is 8.68. The van der Waals surface area contributed by atoms with Gasteiger partial charge >= 0.3 is 0 Å². The van der Waals surface area contributed by atoms with E-state index in [0.717, 1.165) is 0 Å². The topological polar surface area (TPSA) is 29.5 Å². The van der Waals surface area contributed by atoms with Gasteiger partial charge in [0.25, 0.3) is 5.91 Å². The van der Waals surface area contributed by atoms with Crippen LogP contribution in [0.3, 0.4) is 0 Å². The second-order valence-corrected chi connectivity index (χ2v) is 3.09. The third-order valence-corrected chi connectivity index (χ3v) is 1.75. The average molecular weight is 173 g/mol. The molecule has 0 aromatic rings. The van der Waals surface area contributed by atoms with E-state index >= 15 is 0 Å². The summed E-state index contributed by atoms with van der Waals surface area (Å²) >= 11 is 0. The lowest BCUT2D eigenvalue weighted by Crippen LogP contribution is -2.51. The van der Waals surface area contributed by atoms with E-state index in [1.165, 1.54) is 0 Å². The van der Waals surface area contributed by atoms with Gasteiger partial charge in [-0.1, -0.05) is 13.8 Å². The Bertz CT molecular complexity index is 155. The van der Waals surface area contributed by atoms with Crippen molar-refractivity contribution < 1.29 is 9.53 Å². The fourth-order valence-corrected chi connectivity index (χ4v) is 1.06. The molecule has 0 aliphatic carbocycles. The normalized spacial score (nSPS) is 21.4. The van der Waals surface area contributed by atoms with Gasteiger partial charge in [-0.2, -0.15) is 0 Å². The number of rotatable bonds is 0. The van der Waals surface area contributed by atoms with Crippen LogP contribution in [0.4, 0.5) is 0 Å². The van der Waals surface area contributed by atoms with E-state index in [2.05, 4.69) is 0 Å². The third-order valence-electron chi connectivity index (χ3n) is 1.75. The van der Waals surface area contributed by atoms with E-state index in [4.69, 9.17) is 4.74 Å². The van der Waals surface area contributed by atoms with Crippen LogP contribution in [-0.4, -0.2) is 36.6 Å². The van der Waals surface area contributed by atoms with E-state index in [-0.39, 0.29) is 5.91 Å². The molecule has 72 valence electrons. The second kappa shape index (κ2) is 4.45. The smallest absolute Gasteiger partial charge is 0.254 e. The van der Waals surface area contributed by atoms with Crippen molar-refractivity contribution in [2.24, 2.45) is 0 Å². The number of carbonyl (C=O) groups excluding carboxylic acids is 1. The lowest BCUT2D eigenvalue weighted by atomic mass is 10.1. The first kappa shape index (κ1) is 11.4. The summed E-state index contributed by atoms with van der Waals surface area (Å²) in [6, 6.07) is 0. The molecule has 0 atom stereocenters. The van der Waals surface area contributed by atoms with Gasteiger partial charge < -0.3 is 9.64 Å². The molecule has 3 nitrogen and oxygen atoms in total. The van der Waals surface area contributed by atoms with Crippen LogP contribution in [0.1, 0.15) is 27.7 Å². The summed E-state index contributed by atoms with van der Waals surface area (Å²) < 4.78 is 5.26. The van der Waals surface area contributed by atoms with E-state index in [1.807, 2.05) is 13.8 Å². The Hall–Kier alpha value is -0.570. The van der Waals surface area contributed by atoms with Crippen LogP contribution in [0.15, 0.2) is 0 Å². The summed E-state index contributed by atoms with van der Waals surface area (Å²) in [5.41, 5.74) is -0.604. The molecule has 0 aromatic carbocycles. The molecule has 0 bridgehead atoms. The van der Waals surface area contributed by atoms with Gasteiger partial charge in [0.05, 0.1) is 6.61 Å². The monoisotopic (exact) mass is 173 g/mol. The number of likely N-dealkylation sites (N-methyl/N-ethyl adjacent to an activating group) is 1. The van der Waals surface area contributed by atoms with Crippen LogP contribution in [0.25, 0.3) is 0 Å². The SMILES string of the molecule is CC.CN1CCOC(C)(C)C1=O. The Morgan fingerprint density at radius 2 is 1.92 bits per heavy atom. The van der Waals surface area contributed by atoms with Crippen molar-refractivity contribution in [2.75, 3.05) is 20.2 Å². The lowest BCUT2D eigenvalue weighted by molar-refractivity contribution is -0.163. The molecule has 0 N–H and O–H groups in total. The van der Waals surface area contributed by atoms with Crippen molar-refractivity contribution in [2.45, 2.75) is 33.3 Å². The van der Waals surface area contributed by atoms with Crippen molar-refractivity contribution in [1.29, 1.82) is 0 Å². The summed E-state index contributed by atoms with van der Waals surface area (Å²) in [4.78, 5) is 12.9. The predicted molar refractivity (Wildman–Crippen MR) is 49.0 cm³/mol. The van der Waals surface area contributed by atoms with E-state index < -0.39 is 5.60 Å². The molecule has 0 radical (unpaired) electrons. The molecule has 0 aromatic heterocycles. The zero-order valence-corrected chi connectivity index (χ0v) is 8.68. The number of nitrogens with zero attached hydrogens (tertiary/aromatic N) is 1. The van der Waals surface area contributed by atoms with Gasteiger partial charge in [0.2, 0.25) is 0 Å². The fourth-order valence-electron chi connectivity index (χ4n) is 1.06. The Kier molecular flexibility index (Phi) is 4.24. The Balaban J connectivity index is 0.000000561. The minimum atomic E-state index is -0.604. The van der Waals surface area contributed by atoms with Crippen LogP contribution in [0.2, 0.25) is 0 Å². The molecule has 12 heavy (non-hydrogen) atoms. The lowest BCUT2D eigenvalue weighted by Gasteiger charge is -2.34. The van der Waals surface area contributed by atoms with Crippen molar-refractivity contribution in [1.82, 2.24) is 4.90 Å².